The fraction of sp³-hybridized carbons (Fsp3) is 0.500. The highest BCUT2D eigenvalue weighted by Crippen LogP contribution is 2.22. The lowest BCUT2D eigenvalue weighted by molar-refractivity contribution is -0.137. The highest BCUT2D eigenvalue weighted by atomic mass is 32.2. The average molecular weight is 252 g/mol. The number of unbranched alkanes of at least 4 members (excludes halogenated alkanes) is 2. The molecule has 94 valence electrons. The van der Waals surface area contributed by atoms with Crippen LogP contribution in [0.2, 0.25) is 0 Å². The lowest BCUT2D eigenvalue weighted by atomic mass is 10.1. The number of aliphatic carboxylic acids is 1. The van der Waals surface area contributed by atoms with E-state index in [1.807, 2.05) is 11.8 Å². The van der Waals surface area contributed by atoms with Crippen LogP contribution >= 0.6 is 11.8 Å². The summed E-state index contributed by atoms with van der Waals surface area (Å²) in [4.78, 5) is 11.6. The van der Waals surface area contributed by atoms with Crippen LogP contribution < -0.4 is 0 Å². The molecule has 0 aliphatic carbocycles. The van der Waals surface area contributed by atoms with Crippen LogP contribution in [0.1, 0.15) is 36.8 Å². The van der Waals surface area contributed by atoms with Gasteiger partial charge in [0.2, 0.25) is 0 Å². The predicted molar refractivity (Wildman–Crippen MR) is 72.7 cm³/mol. The smallest absolute Gasteiger partial charge is 0.303 e. The zero-order valence-corrected chi connectivity index (χ0v) is 11.3. The van der Waals surface area contributed by atoms with Gasteiger partial charge in [0.1, 0.15) is 0 Å². The molecule has 1 aromatic carbocycles. The van der Waals surface area contributed by atoms with Crippen molar-refractivity contribution >= 4 is 17.7 Å². The van der Waals surface area contributed by atoms with Crippen LogP contribution in [-0.4, -0.2) is 16.8 Å². The lowest BCUT2D eigenvalue weighted by Gasteiger charge is -2.04. The Morgan fingerprint density at radius 1 is 1.18 bits per heavy atom. The molecule has 0 saturated heterocycles. The zero-order chi connectivity index (χ0) is 12.7. The van der Waals surface area contributed by atoms with Crippen LogP contribution in [-0.2, 0) is 4.79 Å². The SMILES string of the molecule is Cc1ccc(SCCCCCC(=O)O)cc1C. The minimum atomic E-state index is -0.688. The van der Waals surface area contributed by atoms with Crippen LogP contribution in [0.25, 0.3) is 0 Å². The van der Waals surface area contributed by atoms with E-state index in [4.69, 9.17) is 5.11 Å². The molecule has 0 bridgehead atoms. The van der Waals surface area contributed by atoms with Gasteiger partial charge in [0.25, 0.3) is 0 Å². The maximum absolute atomic E-state index is 10.3. The van der Waals surface area contributed by atoms with E-state index in [9.17, 15) is 4.79 Å². The summed E-state index contributed by atoms with van der Waals surface area (Å²) in [5, 5.41) is 8.50. The Morgan fingerprint density at radius 2 is 1.94 bits per heavy atom. The number of aryl methyl sites for hydroxylation is 2. The Balaban J connectivity index is 2.18. The monoisotopic (exact) mass is 252 g/mol. The van der Waals surface area contributed by atoms with Crippen molar-refractivity contribution in [2.75, 3.05) is 5.75 Å². The van der Waals surface area contributed by atoms with Gasteiger partial charge in [-0.25, -0.2) is 0 Å². The molecule has 0 aromatic heterocycles. The van der Waals surface area contributed by atoms with E-state index >= 15 is 0 Å². The van der Waals surface area contributed by atoms with Crippen LogP contribution in [0, 0.1) is 13.8 Å². The first-order valence-electron chi connectivity index (χ1n) is 6.01. The van der Waals surface area contributed by atoms with Gasteiger partial charge in [0.05, 0.1) is 0 Å². The normalized spacial score (nSPS) is 10.5. The Kier molecular flexibility index (Phi) is 6.12. The summed E-state index contributed by atoms with van der Waals surface area (Å²) in [6, 6.07) is 6.53. The first-order valence-corrected chi connectivity index (χ1v) is 7.00. The molecular weight excluding hydrogens is 232 g/mol. The topological polar surface area (TPSA) is 37.3 Å². The van der Waals surface area contributed by atoms with E-state index in [1.54, 1.807) is 0 Å². The number of rotatable bonds is 7. The largest absolute Gasteiger partial charge is 0.481 e. The summed E-state index contributed by atoms with van der Waals surface area (Å²) in [6.07, 6.45) is 3.19. The fourth-order valence-corrected chi connectivity index (χ4v) is 2.56. The molecule has 0 aliphatic heterocycles. The van der Waals surface area contributed by atoms with Crippen molar-refractivity contribution in [3.05, 3.63) is 29.3 Å². The minimum Gasteiger partial charge on any atom is -0.481 e. The number of carbonyl (C=O) groups is 1. The van der Waals surface area contributed by atoms with Crippen molar-refractivity contribution in [1.82, 2.24) is 0 Å². The van der Waals surface area contributed by atoms with E-state index in [0.29, 0.717) is 6.42 Å². The van der Waals surface area contributed by atoms with E-state index in [2.05, 4.69) is 32.0 Å². The number of carboxylic acids is 1. The van der Waals surface area contributed by atoms with Crippen molar-refractivity contribution in [1.29, 1.82) is 0 Å². The van der Waals surface area contributed by atoms with Crippen LogP contribution in [0.3, 0.4) is 0 Å². The second kappa shape index (κ2) is 7.38. The Bertz CT molecular complexity index is 374. The van der Waals surface area contributed by atoms with Crippen molar-refractivity contribution < 1.29 is 9.90 Å². The second-order valence-electron chi connectivity index (χ2n) is 4.30. The summed E-state index contributed by atoms with van der Waals surface area (Å²) >= 11 is 1.85. The first kappa shape index (κ1) is 14.1. The maximum Gasteiger partial charge on any atom is 0.303 e. The molecule has 0 spiro atoms. The molecule has 0 heterocycles. The van der Waals surface area contributed by atoms with Gasteiger partial charge in [-0.1, -0.05) is 12.5 Å². The third kappa shape index (κ3) is 5.78. The third-order valence-corrected chi connectivity index (χ3v) is 3.86. The van der Waals surface area contributed by atoms with Gasteiger partial charge < -0.3 is 5.11 Å². The molecule has 1 rings (SSSR count). The third-order valence-electron chi connectivity index (χ3n) is 2.78. The molecule has 0 atom stereocenters. The number of carboxylic acid groups (broad SMARTS) is 1. The van der Waals surface area contributed by atoms with E-state index < -0.39 is 5.97 Å². The van der Waals surface area contributed by atoms with Gasteiger partial charge >= 0.3 is 5.97 Å². The Labute approximate surface area is 107 Å². The quantitative estimate of drug-likeness (QED) is 0.588. The van der Waals surface area contributed by atoms with E-state index in [0.717, 1.165) is 25.0 Å². The summed E-state index contributed by atoms with van der Waals surface area (Å²) in [5.74, 6) is 0.383. The van der Waals surface area contributed by atoms with Crippen LogP contribution in [0.5, 0.6) is 0 Å². The number of thioether (sulfide) groups is 1. The predicted octanol–water partition coefficient (Wildman–Crippen LogP) is 4.04. The van der Waals surface area contributed by atoms with Crippen molar-refractivity contribution in [3.8, 4) is 0 Å². The molecular formula is C14H20O2S. The number of hydrogen-bond acceptors (Lipinski definition) is 2. The molecule has 0 amide bonds. The summed E-state index contributed by atoms with van der Waals surface area (Å²) in [6.45, 7) is 4.25. The first-order chi connectivity index (χ1) is 8.09. The zero-order valence-electron chi connectivity index (χ0n) is 10.5. The lowest BCUT2D eigenvalue weighted by Crippen LogP contribution is -1.93. The molecule has 1 N–H and O–H groups in total. The average Bonchev–Trinajstić information content (AvgIpc) is 2.27. The highest BCUT2D eigenvalue weighted by molar-refractivity contribution is 7.99. The van der Waals surface area contributed by atoms with Gasteiger partial charge in [-0.2, -0.15) is 0 Å². The van der Waals surface area contributed by atoms with Gasteiger partial charge in [0.15, 0.2) is 0 Å². The molecule has 0 fully saturated rings. The van der Waals surface area contributed by atoms with Crippen molar-refractivity contribution in [3.63, 3.8) is 0 Å². The Morgan fingerprint density at radius 3 is 2.59 bits per heavy atom. The standard InChI is InChI=1S/C14H20O2S/c1-11-7-8-13(10-12(11)2)17-9-5-3-4-6-14(15)16/h7-8,10H,3-6,9H2,1-2H3,(H,15,16). The van der Waals surface area contributed by atoms with E-state index in [1.165, 1.54) is 16.0 Å². The van der Waals surface area contributed by atoms with Gasteiger partial charge in [-0.05, 0) is 55.7 Å². The van der Waals surface area contributed by atoms with Gasteiger partial charge in [-0.3, -0.25) is 4.79 Å². The fourth-order valence-electron chi connectivity index (χ4n) is 1.55. The molecule has 2 nitrogen and oxygen atoms in total. The molecule has 0 aliphatic rings. The number of benzene rings is 1. The van der Waals surface area contributed by atoms with Crippen LogP contribution in [0.4, 0.5) is 0 Å². The van der Waals surface area contributed by atoms with Gasteiger partial charge in [0, 0.05) is 11.3 Å². The minimum absolute atomic E-state index is 0.300. The van der Waals surface area contributed by atoms with Gasteiger partial charge in [-0.15, -0.1) is 11.8 Å². The molecule has 17 heavy (non-hydrogen) atoms. The summed E-state index contributed by atoms with van der Waals surface area (Å²) in [5.41, 5.74) is 2.66. The maximum atomic E-state index is 10.3. The molecule has 0 radical (unpaired) electrons. The summed E-state index contributed by atoms with van der Waals surface area (Å²) < 4.78 is 0. The van der Waals surface area contributed by atoms with Crippen LogP contribution in [0.15, 0.2) is 23.1 Å². The second-order valence-corrected chi connectivity index (χ2v) is 5.47. The number of hydrogen-bond donors (Lipinski definition) is 1. The molecule has 0 unspecified atom stereocenters. The van der Waals surface area contributed by atoms with Crippen molar-refractivity contribution in [2.45, 2.75) is 44.4 Å². The molecule has 3 heteroatoms. The van der Waals surface area contributed by atoms with Crippen molar-refractivity contribution in [2.24, 2.45) is 0 Å². The van der Waals surface area contributed by atoms with E-state index in [-0.39, 0.29) is 0 Å². The highest BCUT2D eigenvalue weighted by Gasteiger charge is 1.99. The Hall–Kier alpha value is -0.960. The molecule has 0 saturated carbocycles. The summed E-state index contributed by atoms with van der Waals surface area (Å²) in [7, 11) is 0. The molecule has 1 aromatic rings.